The third kappa shape index (κ3) is 4.24. The van der Waals surface area contributed by atoms with Gasteiger partial charge in [-0.1, -0.05) is 23.3 Å². The zero-order chi connectivity index (χ0) is 14.4. The molecule has 0 bridgehead atoms. The number of para-hydroxylation sites is 1. The molecule has 6 heteroatoms. The van der Waals surface area contributed by atoms with E-state index in [2.05, 4.69) is 15.5 Å². The molecule has 6 nitrogen and oxygen atoms in total. The van der Waals surface area contributed by atoms with Crippen molar-refractivity contribution in [3.8, 4) is 5.75 Å². The van der Waals surface area contributed by atoms with E-state index in [1.807, 2.05) is 44.2 Å². The second-order valence-electron chi connectivity index (χ2n) is 5.08. The van der Waals surface area contributed by atoms with E-state index in [4.69, 9.17) is 14.9 Å². The van der Waals surface area contributed by atoms with Crippen molar-refractivity contribution in [3.05, 3.63) is 36.2 Å². The van der Waals surface area contributed by atoms with Gasteiger partial charge in [0.25, 0.3) is 0 Å². The van der Waals surface area contributed by atoms with Gasteiger partial charge in [-0.05, 0) is 32.4 Å². The highest BCUT2D eigenvalue weighted by atomic mass is 16.5. The number of rotatable bonds is 7. The number of nitrogens with one attached hydrogen (secondary N) is 1. The van der Waals surface area contributed by atoms with Crippen LogP contribution >= 0.6 is 0 Å². The standard InChI is InChI=1S/C14H20N4O2/c1-14(2,15)12-17-18-13(20-12)16-9-6-10-19-11-7-4-3-5-8-11/h3-5,7-8H,6,9-10,15H2,1-2H3,(H,16,18). The molecule has 0 unspecified atom stereocenters. The summed E-state index contributed by atoms with van der Waals surface area (Å²) in [6.07, 6.45) is 0.832. The average molecular weight is 276 g/mol. The van der Waals surface area contributed by atoms with Gasteiger partial charge in [0.15, 0.2) is 0 Å². The number of benzene rings is 1. The van der Waals surface area contributed by atoms with Crippen molar-refractivity contribution in [1.29, 1.82) is 0 Å². The second kappa shape index (κ2) is 6.38. The van der Waals surface area contributed by atoms with E-state index >= 15 is 0 Å². The molecular formula is C14H20N4O2. The van der Waals surface area contributed by atoms with E-state index in [1.54, 1.807) is 0 Å². The minimum absolute atomic E-state index is 0.387. The molecule has 0 aliphatic heterocycles. The fourth-order valence-electron chi connectivity index (χ4n) is 1.53. The summed E-state index contributed by atoms with van der Waals surface area (Å²) >= 11 is 0. The van der Waals surface area contributed by atoms with Gasteiger partial charge < -0.3 is 20.2 Å². The molecule has 2 aromatic rings. The Labute approximate surface area is 118 Å². The lowest BCUT2D eigenvalue weighted by atomic mass is 10.1. The lowest BCUT2D eigenvalue weighted by Gasteiger charge is -2.11. The number of nitrogens with two attached hydrogens (primary N) is 1. The highest BCUT2D eigenvalue weighted by Gasteiger charge is 2.21. The molecule has 0 saturated heterocycles. The summed E-state index contributed by atoms with van der Waals surface area (Å²) in [5, 5.41) is 10.8. The van der Waals surface area contributed by atoms with Gasteiger partial charge in [-0.2, -0.15) is 0 Å². The lowest BCUT2D eigenvalue weighted by molar-refractivity contribution is 0.314. The highest BCUT2D eigenvalue weighted by molar-refractivity contribution is 5.21. The highest BCUT2D eigenvalue weighted by Crippen LogP contribution is 2.16. The van der Waals surface area contributed by atoms with Crippen LogP contribution in [0.5, 0.6) is 5.75 Å². The van der Waals surface area contributed by atoms with Crippen LogP contribution in [-0.2, 0) is 5.54 Å². The molecule has 0 amide bonds. The summed E-state index contributed by atoms with van der Waals surface area (Å²) < 4.78 is 11.0. The minimum atomic E-state index is -0.622. The van der Waals surface area contributed by atoms with E-state index in [0.717, 1.165) is 12.2 Å². The van der Waals surface area contributed by atoms with Gasteiger partial charge in [-0.3, -0.25) is 0 Å². The fourth-order valence-corrected chi connectivity index (χ4v) is 1.53. The van der Waals surface area contributed by atoms with Gasteiger partial charge in [-0.15, -0.1) is 5.10 Å². The van der Waals surface area contributed by atoms with Gasteiger partial charge in [0.05, 0.1) is 12.1 Å². The van der Waals surface area contributed by atoms with Gasteiger partial charge in [0.1, 0.15) is 5.75 Å². The average Bonchev–Trinajstić information content (AvgIpc) is 2.88. The molecular weight excluding hydrogens is 256 g/mol. The van der Waals surface area contributed by atoms with E-state index in [-0.39, 0.29) is 0 Å². The van der Waals surface area contributed by atoms with Gasteiger partial charge in [0.2, 0.25) is 5.89 Å². The molecule has 0 saturated carbocycles. The largest absolute Gasteiger partial charge is 0.494 e. The van der Waals surface area contributed by atoms with Crippen LogP contribution in [0.1, 0.15) is 26.2 Å². The van der Waals surface area contributed by atoms with E-state index in [1.165, 1.54) is 0 Å². The van der Waals surface area contributed by atoms with Crippen LogP contribution in [-0.4, -0.2) is 23.3 Å². The smallest absolute Gasteiger partial charge is 0.315 e. The molecule has 0 radical (unpaired) electrons. The lowest BCUT2D eigenvalue weighted by Crippen LogP contribution is -2.29. The quantitative estimate of drug-likeness (QED) is 0.753. The van der Waals surface area contributed by atoms with Crippen molar-refractivity contribution in [2.75, 3.05) is 18.5 Å². The van der Waals surface area contributed by atoms with Crippen LogP contribution in [0, 0.1) is 0 Å². The zero-order valence-corrected chi connectivity index (χ0v) is 11.8. The maximum absolute atomic E-state index is 5.87. The topological polar surface area (TPSA) is 86.2 Å². The maximum atomic E-state index is 5.87. The molecule has 108 valence electrons. The van der Waals surface area contributed by atoms with Crippen LogP contribution in [0.25, 0.3) is 0 Å². The number of aromatic nitrogens is 2. The first-order valence-electron chi connectivity index (χ1n) is 6.60. The Hall–Kier alpha value is -2.08. The Kier molecular flexibility index (Phi) is 4.57. The predicted molar refractivity (Wildman–Crippen MR) is 76.6 cm³/mol. The van der Waals surface area contributed by atoms with Crippen LogP contribution in [0.15, 0.2) is 34.7 Å². The predicted octanol–water partition coefficient (Wildman–Crippen LogP) is 2.14. The fraction of sp³-hybridized carbons (Fsp3) is 0.429. The summed E-state index contributed by atoms with van der Waals surface area (Å²) in [5.41, 5.74) is 5.25. The molecule has 0 fully saturated rings. The number of hydrogen-bond donors (Lipinski definition) is 2. The van der Waals surface area contributed by atoms with Crippen molar-refractivity contribution in [1.82, 2.24) is 10.2 Å². The Morgan fingerprint density at radius 1 is 1.25 bits per heavy atom. The number of anilines is 1. The first kappa shape index (κ1) is 14.3. The summed E-state index contributed by atoms with van der Waals surface area (Å²) in [7, 11) is 0. The number of nitrogens with zero attached hydrogens (tertiary/aromatic N) is 2. The van der Waals surface area contributed by atoms with Crippen LogP contribution < -0.4 is 15.8 Å². The van der Waals surface area contributed by atoms with Gasteiger partial charge in [-0.25, -0.2) is 0 Å². The Morgan fingerprint density at radius 3 is 2.65 bits per heavy atom. The zero-order valence-electron chi connectivity index (χ0n) is 11.8. The summed E-state index contributed by atoms with van der Waals surface area (Å²) in [6, 6.07) is 10.1. The molecule has 20 heavy (non-hydrogen) atoms. The first-order valence-corrected chi connectivity index (χ1v) is 6.60. The van der Waals surface area contributed by atoms with Crippen molar-refractivity contribution in [3.63, 3.8) is 0 Å². The molecule has 0 atom stereocenters. The summed E-state index contributed by atoms with van der Waals surface area (Å²) in [6.45, 7) is 4.95. The third-order valence-corrected chi connectivity index (χ3v) is 2.59. The Morgan fingerprint density at radius 2 is 2.00 bits per heavy atom. The third-order valence-electron chi connectivity index (χ3n) is 2.59. The molecule has 0 spiro atoms. The summed E-state index contributed by atoms with van der Waals surface area (Å²) in [4.78, 5) is 0. The minimum Gasteiger partial charge on any atom is -0.494 e. The van der Waals surface area contributed by atoms with Crippen LogP contribution in [0.2, 0.25) is 0 Å². The second-order valence-corrected chi connectivity index (χ2v) is 5.08. The van der Waals surface area contributed by atoms with Crippen molar-refractivity contribution in [2.45, 2.75) is 25.8 Å². The van der Waals surface area contributed by atoms with Crippen molar-refractivity contribution >= 4 is 6.01 Å². The molecule has 1 aromatic carbocycles. The van der Waals surface area contributed by atoms with Crippen molar-refractivity contribution < 1.29 is 9.15 Å². The van der Waals surface area contributed by atoms with E-state index in [0.29, 0.717) is 25.1 Å². The maximum Gasteiger partial charge on any atom is 0.315 e. The molecule has 0 aliphatic rings. The van der Waals surface area contributed by atoms with Gasteiger partial charge >= 0.3 is 6.01 Å². The Balaban J connectivity index is 1.67. The van der Waals surface area contributed by atoms with Crippen LogP contribution in [0.4, 0.5) is 6.01 Å². The molecule has 3 N–H and O–H groups in total. The van der Waals surface area contributed by atoms with Crippen molar-refractivity contribution in [2.24, 2.45) is 5.73 Å². The van der Waals surface area contributed by atoms with E-state index in [9.17, 15) is 0 Å². The number of hydrogen-bond acceptors (Lipinski definition) is 6. The summed E-state index contributed by atoms with van der Waals surface area (Å²) in [5.74, 6) is 1.29. The molecule has 1 aromatic heterocycles. The SMILES string of the molecule is CC(C)(N)c1nnc(NCCCOc2ccccc2)o1. The van der Waals surface area contributed by atoms with E-state index < -0.39 is 5.54 Å². The number of ether oxygens (including phenoxy) is 1. The molecule has 1 heterocycles. The first-order chi connectivity index (χ1) is 9.55. The normalized spacial score (nSPS) is 11.3. The van der Waals surface area contributed by atoms with Crippen LogP contribution in [0.3, 0.4) is 0 Å². The molecule has 0 aliphatic carbocycles. The van der Waals surface area contributed by atoms with Gasteiger partial charge in [0, 0.05) is 6.54 Å². The Bertz CT molecular complexity index is 519. The monoisotopic (exact) mass is 276 g/mol. The molecule has 2 rings (SSSR count).